The Morgan fingerprint density at radius 1 is 1.67 bits per heavy atom. The maximum absolute atomic E-state index is 10.7. The molecule has 0 atom stereocenters. The standard InChI is InChI=1S/C8H9ClO3/c1-7(9)3-2-4-8(11)12-6-5-10/h2-3,5-6,10H,1,4H2. The zero-order valence-electron chi connectivity index (χ0n) is 6.37. The number of carbonyl (C=O) groups is 1. The molecule has 0 amide bonds. The van der Waals surface area contributed by atoms with Crippen LogP contribution in [0.15, 0.2) is 36.3 Å². The van der Waals surface area contributed by atoms with Crippen molar-refractivity contribution in [3.8, 4) is 0 Å². The highest BCUT2D eigenvalue weighted by molar-refractivity contribution is 6.30. The fraction of sp³-hybridized carbons (Fsp3) is 0.125. The van der Waals surface area contributed by atoms with Gasteiger partial charge in [-0.25, -0.2) is 0 Å². The average Bonchev–Trinajstić information content (AvgIpc) is 2.00. The predicted molar refractivity (Wildman–Crippen MR) is 46.6 cm³/mol. The van der Waals surface area contributed by atoms with E-state index in [1.54, 1.807) is 0 Å². The highest BCUT2D eigenvalue weighted by Crippen LogP contribution is 1.99. The van der Waals surface area contributed by atoms with Crippen LogP contribution < -0.4 is 0 Å². The number of hydrogen-bond donors (Lipinski definition) is 1. The third-order valence-corrected chi connectivity index (χ3v) is 0.970. The Kier molecular flexibility index (Phi) is 5.83. The van der Waals surface area contributed by atoms with Gasteiger partial charge < -0.3 is 9.84 Å². The van der Waals surface area contributed by atoms with Gasteiger partial charge in [0.2, 0.25) is 0 Å². The molecular weight excluding hydrogens is 180 g/mol. The molecule has 0 aromatic carbocycles. The van der Waals surface area contributed by atoms with E-state index in [2.05, 4.69) is 11.3 Å². The van der Waals surface area contributed by atoms with Crippen LogP contribution in [-0.4, -0.2) is 11.1 Å². The van der Waals surface area contributed by atoms with Crippen LogP contribution in [0.1, 0.15) is 6.42 Å². The summed E-state index contributed by atoms with van der Waals surface area (Å²) in [5, 5.41) is 8.47. The molecular formula is C8H9ClO3. The first-order valence-corrected chi connectivity index (χ1v) is 3.54. The maximum atomic E-state index is 10.7. The van der Waals surface area contributed by atoms with Crippen molar-refractivity contribution in [2.75, 3.05) is 0 Å². The van der Waals surface area contributed by atoms with Crippen molar-refractivity contribution in [3.05, 3.63) is 36.3 Å². The van der Waals surface area contributed by atoms with Crippen LogP contribution in [0.4, 0.5) is 0 Å². The summed E-state index contributed by atoms with van der Waals surface area (Å²) in [6, 6.07) is 0. The number of hydrogen-bond acceptors (Lipinski definition) is 3. The summed E-state index contributed by atoms with van der Waals surface area (Å²) in [7, 11) is 0. The number of aliphatic hydroxyl groups excluding tert-OH is 1. The fourth-order valence-corrected chi connectivity index (χ4v) is 0.527. The molecule has 0 rings (SSSR count). The van der Waals surface area contributed by atoms with E-state index in [0.717, 1.165) is 6.26 Å². The Morgan fingerprint density at radius 3 is 2.83 bits per heavy atom. The first-order chi connectivity index (χ1) is 5.66. The Labute approximate surface area is 75.6 Å². The van der Waals surface area contributed by atoms with Gasteiger partial charge in [0.05, 0.1) is 6.42 Å². The number of carbonyl (C=O) groups excluding carboxylic acids is 1. The number of esters is 1. The molecule has 0 heterocycles. The van der Waals surface area contributed by atoms with Crippen LogP contribution in [0.25, 0.3) is 0 Å². The first kappa shape index (κ1) is 10.8. The summed E-state index contributed by atoms with van der Waals surface area (Å²) < 4.78 is 4.38. The van der Waals surface area contributed by atoms with Gasteiger partial charge in [-0.1, -0.05) is 24.3 Å². The van der Waals surface area contributed by atoms with E-state index in [1.165, 1.54) is 12.2 Å². The van der Waals surface area contributed by atoms with Gasteiger partial charge >= 0.3 is 5.97 Å². The summed E-state index contributed by atoms with van der Waals surface area (Å²) in [6.45, 7) is 3.39. The molecule has 0 aromatic heterocycles. The lowest BCUT2D eigenvalue weighted by Crippen LogP contribution is -1.96. The molecule has 0 aromatic rings. The number of allylic oxidation sites excluding steroid dienone is 2. The molecule has 0 saturated carbocycles. The van der Waals surface area contributed by atoms with E-state index < -0.39 is 5.97 Å². The van der Waals surface area contributed by atoms with Gasteiger partial charge in [0, 0.05) is 5.03 Å². The molecule has 66 valence electrons. The Balaban J connectivity index is 3.64. The summed E-state index contributed by atoms with van der Waals surface area (Å²) >= 11 is 5.38. The van der Waals surface area contributed by atoms with Crippen LogP contribution in [0.2, 0.25) is 0 Å². The number of ether oxygens (including phenoxy) is 1. The van der Waals surface area contributed by atoms with E-state index in [4.69, 9.17) is 16.7 Å². The van der Waals surface area contributed by atoms with Gasteiger partial charge in [0.1, 0.15) is 12.5 Å². The molecule has 0 aliphatic carbocycles. The lowest BCUT2D eigenvalue weighted by atomic mass is 10.4. The van der Waals surface area contributed by atoms with E-state index in [0.29, 0.717) is 11.3 Å². The fourth-order valence-electron chi connectivity index (χ4n) is 0.437. The summed E-state index contributed by atoms with van der Waals surface area (Å²) in [5.41, 5.74) is 0. The maximum Gasteiger partial charge on any atom is 0.314 e. The molecule has 1 N–H and O–H groups in total. The normalized spacial score (nSPS) is 10.8. The largest absolute Gasteiger partial charge is 0.512 e. The summed E-state index contributed by atoms with van der Waals surface area (Å²) in [6.07, 6.45) is 4.64. The zero-order valence-corrected chi connectivity index (χ0v) is 7.12. The highest BCUT2D eigenvalue weighted by Gasteiger charge is 1.95. The van der Waals surface area contributed by atoms with Crippen molar-refractivity contribution in [1.29, 1.82) is 0 Å². The molecule has 0 bridgehead atoms. The number of aliphatic hydroxyl groups is 1. The minimum Gasteiger partial charge on any atom is -0.512 e. The zero-order chi connectivity index (χ0) is 9.40. The van der Waals surface area contributed by atoms with Gasteiger partial charge in [0.25, 0.3) is 0 Å². The van der Waals surface area contributed by atoms with Gasteiger partial charge in [-0.2, -0.15) is 0 Å². The molecule has 0 fully saturated rings. The first-order valence-electron chi connectivity index (χ1n) is 3.16. The van der Waals surface area contributed by atoms with Crippen molar-refractivity contribution in [2.24, 2.45) is 0 Å². The van der Waals surface area contributed by atoms with Crippen molar-refractivity contribution >= 4 is 17.6 Å². The van der Waals surface area contributed by atoms with Gasteiger partial charge in [0.15, 0.2) is 0 Å². The molecule has 0 spiro atoms. The van der Waals surface area contributed by atoms with Crippen molar-refractivity contribution in [1.82, 2.24) is 0 Å². The second-order valence-electron chi connectivity index (χ2n) is 1.83. The summed E-state index contributed by atoms with van der Waals surface area (Å²) in [4.78, 5) is 10.7. The third kappa shape index (κ3) is 6.89. The molecule has 4 heteroatoms. The van der Waals surface area contributed by atoms with Gasteiger partial charge in [-0.3, -0.25) is 4.79 Å². The highest BCUT2D eigenvalue weighted by atomic mass is 35.5. The van der Waals surface area contributed by atoms with E-state index in [-0.39, 0.29) is 6.42 Å². The van der Waals surface area contributed by atoms with Crippen molar-refractivity contribution < 1.29 is 14.6 Å². The minimum atomic E-state index is -0.477. The number of halogens is 1. The average molecular weight is 189 g/mol. The van der Waals surface area contributed by atoms with E-state index in [1.807, 2.05) is 0 Å². The van der Waals surface area contributed by atoms with E-state index >= 15 is 0 Å². The smallest absolute Gasteiger partial charge is 0.314 e. The number of rotatable bonds is 4. The van der Waals surface area contributed by atoms with Gasteiger partial charge in [-0.15, -0.1) is 0 Å². The van der Waals surface area contributed by atoms with Crippen LogP contribution in [0.3, 0.4) is 0 Å². The quantitative estimate of drug-likeness (QED) is 0.418. The third-order valence-electron chi connectivity index (χ3n) is 0.844. The monoisotopic (exact) mass is 188 g/mol. The Morgan fingerprint density at radius 2 is 2.33 bits per heavy atom. The minimum absolute atomic E-state index is 0.0933. The van der Waals surface area contributed by atoms with Crippen LogP contribution >= 0.6 is 11.6 Å². The molecule has 0 aliphatic rings. The lowest BCUT2D eigenvalue weighted by molar-refractivity contribution is -0.137. The molecule has 3 nitrogen and oxygen atoms in total. The Bertz CT molecular complexity index is 218. The second kappa shape index (κ2) is 6.49. The molecule has 0 unspecified atom stereocenters. The van der Waals surface area contributed by atoms with Crippen LogP contribution in [0.5, 0.6) is 0 Å². The molecule has 0 radical (unpaired) electrons. The second-order valence-corrected chi connectivity index (χ2v) is 2.31. The lowest BCUT2D eigenvalue weighted by Gasteiger charge is -1.92. The molecule has 0 saturated heterocycles. The van der Waals surface area contributed by atoms with E-state index in [9.17, 15) is 4.79 Å². The summed E-state index contributed by atoms with van der Waals surface area (Å²) in [5.74, 6) is -0.477. The molecule has 12 heavy (non-hydrogen) atoms. The SMILES string of the molecule is C=C(Cl)C=CCC(=O)OC=CO. The predicted octanol–water partition coefficient (Wildman–Crippen LogP) is 2.26. The topological polar surface area (TPSA) is 46.5 Å². The van der Waals surface area contributed by atoms with Gasteiger partial charge in [-0.05, 0) is 6.08 Å². The van der Waals surface area contributed by atoms with Crippen LogP contribution in [-0.2, 0) is 9.53 Å². The Hall–Kier alpha value is -1.22. The molecule has 0 aliphatic heterocycles. The van der Waals surface area contributed by atoms with Crippen molar-refractivity contribution in [3.63, 3.8) is 0 Å². The van der Waals surface area contributed by atoms with Crippen molar-refractivity contribution in [2.45, 2.75) is 6.42 Å². The van der Waals surface area contributed by atoms with Crippen LogP contribution in [0, 0.1) is 0 Å².